The van der Waals surface area contributed by atoms with Crippen molar-refractivity contribution < 1.29 is 5.11 Å². The first-order valence-corrected chi connectivity index (χ1v) is 12.2. The molecule has 9 heteroatoms. The van der Waals surface area contributed by atoms with Gasteiger partial charge in [0.2, 0.25) is 0 Å². The van der Waals surface area contributed by atoms with Crippen molar-refractivity contribution in [2.45, 2.75) is 57.8 Å². The van der Waals surface area contributed by atoms with E-state index in [1.165, 1.54) is 0 Å². The SMILES string of the molecule is CCNC(=NCC(C)(O)c1cccs1)NCCCc1nnc(SC)n1CC(C)C. The third-order valence-electron chi connectivity index (χ3n) is 4.33. The lowest BCUT2D eigenvalue weighted by molar-refractivity contribution is 0.0711. The van der Waals surface area contributed by atoms with Crippen LogP contribution in [0, 0.1) is 5.92 Å². The van der Waals surface area contributed by atoms with E-state index in [4.69, 9.17) is 0 Å². The monoisotopic (exact) mass is 438 g/mol. The van der Waals surface area contributed by atoms with Crippen LogP contribution in [0.2, 0.25) is 0 Å². The highest BCUT2D eigenvalue weighted by Crippen LogP contribution is 2.25. The van der Waals surface area contributed by atoms with Crippen molar-refractivity contribution in [1.29, 1.82) is 0 Å². The second-order valence-electron chi connectivity index (χ2n) is 7.58. The Labute approximate surface area is 182 Å². The summed E-state index contributed by atoms with van der Waals surface area (Å²) in [5, 5.41) is 28.9. The van der Waals surface area contributed by atoms with Gasteiger partial charge in [0.1, 0.15) is 11.4 Å². The zero-order valence-electron chi connectivity index (χ0n) is 18.1. The van der Waals surface area contributed by atoms with Crippen LogP contribution in [0.15, 0.2) is 27.7 Å². The van der Waals surface area contributed by atoms with Gasteiger partial charge < -0.3 is 20.3 Å². The number of nitrogens with zero attached hydrogens (tertiary/aromatic N) is 4. The first-order valence-electron chi connectivity index (χ1n) is 10.1. The lowest BCUT2D eigenvalue weighted by Crippen LogP contribution is -2.39. The smallest absolute Gasteiger partial charge is 0.191 e. The van der Waals surface area contributed by atoms with Crippen molar-refractivity contribution in [3.05, 3.63) is 28.2 Å². The third-order valence-corrected chi connectivity index (χ3v) is 6.12. The molecule has 0 radical (unpaired) electrons. The first kappa shape index (κ1) is 23.7. The number of guanidine groups is 1. The normalized spacial score (nSPS) is 14.2. The van der Waals surface area contributed by atoms with Crippen LogP contribution < -0.4 is 10.6 Å². The molecule has 0 saturated carbocycles. The number of aliphatic hydroxyl groups is 1. The van der Waals surface area contributed by atoms with Gasteiger partial charge in [-0.15, -0.1) is 21.5 Å². The van der Waals surface area contributed by atoms with Gasteiger partial charge in [-0.3, -0.25) is 0 Å². The number of hydrogen-bond acceptors (Lipinski definition) is 6. The lowest BCUT2D eigenvalue weighted by atomic mass is 10.1. The largest absolute Gasteiger partial charge is 0.383 e. The van der Waals surface area contributed by atoms with Crippen molar-refractivity contribution in [3.63, 3.8) is 0 Å². The molecule has 3 N–H and O–H groups in total. The Kier molecular flexibility index (Phi) is 9.45. The molecule has 0 spiro atoms. The number of aryl methyl sites for hydroxylation is 1. The molecule has 0 aliphatic heterocycles. The predicted molar refractivity (Wildman–Crippen MR) is 123 cm³/mol. The van der Waals surface area contributed by atoms with Gasteiger partial charge in [0.15, 0.2) is 11.1 Å². The maximum absolute atomic E-state index is 10.7. The summed E-state index contributed by atoms with van der Waals surface area (Å²) in [6.07, 6.45) is 3.83. The van der Waals surface area contributed by atoms with Crippen molar-refractivity contribution in [3.8, 4) is 0 Å². The van der Waals surface area contributed by atoms with E-state index in [0.717, 1.165) is 54.3 Å². The summed E-state index contributed by atoms with van der Waals surface area (Å²) in [7, 11) is 0. The molecule has 0 amide bonds. The molecule has 1 atom stereocenters. The highest BCUT2D eigenvalue weighted by Gasteiger charge is 2.24. The molecule has 0 aliphatic carbocycles. The summed E-state index contributed by atoms with van der Waals surface area (Å²) in [6, 6.07) is 3.89. The third kappa shape index (κ3) is 7.31. The van der Waals surface area contributed by atoms with Crippen LogP contribution in [0.1, 0.15) is 44.8 Å². The van der Waals surface area contributed by atoms with Crippen LogP contribution in [0.5, 0.6) is 0 Å². The average Bonchev–Trinajstić information content (AvgIpc) is 3.33. The van der Waals surface area contributed by atoms with Crippen LogP contribution >= 0.6 is 23.1 Å². The number of aromatic nitrogens is 3. The van der Waals surface area contributed by atoms with E-state index >= 15 is 0 Å². The van der Waals surface area contributed by atoms with Crippen LogP contribution in [-0.4, -0.2) is 51.7 Å². The zero-order valence-corrected chi connectivity index (χ0v) is 19.7. The summed E-state index contributed by atoms with van der Waals surface area (Å²) in [5.74, 6) is 2.31. The Bertz CT molecular complexity index is 755. The molecule has 7 nitrogen and oxygen atoms in total. The lowest BCUT2D eigenvalue weighted by Gasteiger charge is -2.20. The maximum atomic E-state index is 10.7. The van der Waals surface area contributed by atoms with Crippen molar-refractivity contribution in [1.82, 2.24) is 25.4 Å². The molecule has 0 aromatic carbocycles. The fourth-order valence-corrected chi connectivity index (χ4v) is 4.20. The average molecular weight is 439 g/mol. The highest BCUT2D eigenvalue weighted by molar-refractivity contribution is 7.98. The Morgan fingerprint density at radius 2 is 2.17 bits per heavy atom. The van der Waals surface area contributed by atoms with Crippen molar-refractivity contribution in [2.75, 3.05) is 25.9 Å². The second-order valence-corrected chi connectivity index (χ2v) is 9.31. The maximum Gasteiger partial charge on any atom is 0.191 e. The topological polar surface area (TPSA) is 87.4 Å². The minimum atomic E-state index is -0.960. The Morgan fingerprint density at radius 3 is 2.79 bits per heavy atom. The first-order chi connectivity index (χ1) is 13.9. The van der Waals surface area contributed by atoms with Crippen LogP contribution in [0.4, 0.5) is 0 Å². The number of nitrogens with one attached hydrogen (secondary N) is 2. The summed E-state index contributed by atoms with van der Waals surface area (Å²) >= 11 is 3.18. The molecule has 0 aliphatic rings. The quantitative estimate of drug-likeness (QED) is 0.216. The Morgan fingerprint density at radius 1 is 1.38 bits per heavy atom. The summed E-state index contributed by atoms with van der Waals surface area (Å²) in [6.45, 7) is 11.0. The minimum Gasteiger partial charge on any atom is -0.383 e. The van der Waals surface area contributed by atoms with Gasteiger partial charge >= 0.3 is 0 Å². The number of rotatable bonds is 11. The molecule has 162 valence electrons. The van der Waals surface area contributed by atoms with Crippen molar-refractivity contribution in [2.24, 2.45) is 10.9 Å². The molecule has 2 heterocycles. The molecule has 29 heavy (non-hydrogen) atoms. The molecule has 1 unspecified atom stereocenters. The van der Waals surface area contributed by atoms with Gasteiger partial charge in [0, 0.05) is 30.9 Å². The van der Waals surface area contributed by atoms with Gasteiger partial charge in [0.05, 0.1) is 6.54 Å². The molecular formula is C20H34N6OS2. The van der Waals surface area contributed by atoms with E-state index in [9.17, 15) is 5.11 Å². The summed E-state index contributed by atoms with van der Waals surface area (Å²) in [4.78, 5) is 5.50. The van der Waals surface area contributed by atoms with E-state index in [2.05, 4.69) is 44.2 Å². The highest BCUT2D eigenvalue weighted by atomic mass is 32.2. The molecule has 0 saturated heterocycles. The molecule has 2 rings (SSSR count). The van der Waals surface area contributed by atoms with Gasteiger partial charge in [0.25, 0.3) is 0 Å². The predicted octanol–water partition coefficient (Wildman–Crippen LogP) is 3.11. The van der Waals surface area contributed by atoms with E-state index in [0.29, 0.717) is 12.5 Å². The standard InChI is InChI=1S/C20H34N6OS2/c1-6-21-18(23-14-20(4,27)16-9-8-12-29-16)22-11-7-10-17-24-25-19(28-5)26(17)13-15(2)3/h8-9,12,15,27H,6-7,10-11,13-14H2,1-5H3,(H2,21,22,23). The molecule has 0 bridgehead atoms. The number of thioether (sulfide) groups is 1. The fraction of sp³-hybridized carbons (Fsp3) is 0.650. The van der Waals surface area contributed by atoms with Gasteiger partial charge in [-0.05, 0) is 43.9 Å². The molecule has 2 aromatic rings. The zero-order chi connectivity index (χ0) is 21.3. The van der Waals surface area contributed by atoms with E-state index < -0.39 is 5.60 Å². The Balaban J connectivity index is 1.89. The fourth-order valence-electron chi connectivity index (χ4n) is 2.89. The van der Waals surface area contributed by atoms with Crippen LogP contribution in [0.3, 0.4) is 0 Å². The van der Waals surface area contributed by atoms with Crippen molar-refractivity contribution >= 4 is 29.1 Å². The number of aliphatic imine (C=N–C) groups is 1. The molecule has 0 fully saturated rings. The second kappa shape index (κ2) is 11.6. The van der Waals surface area contributed by atoms with E-state index in [1.807, 2.05) is 30.7 Å². The van der Waals surface area contributed by atoms with Crippen LogP contribution in [-0.2, 0) is 18.6 Å². The van der Waals surface area contributed by atoms with Gasteiger partial charge in [-0.1, -0.05) is 31.7 Å². The minimum absolute atomic E-state index is 0.308. The van der Waals surface area contributed by atoms with E-state index in [1.54, 1.807) is 30.0 Å². The Hall–Kier alpha value is -1.58. The van der Waals surface area contributed by atoms with Gasteiger partial charge in [-0.25, -0.2) is 4.99 Å². The molecular weight excluding hydrogens is 404 g/mol. The van der Waals surface area contributed by atoms with Crippen LogP contribution in [0.25, 0.3) is 0 Å². The van der Waals surface area contributed by atoms with Gasteiger partial charge in [-0.2, -0.15) is 0 Å². The summed E-state index contributed by atoms with van der Waals surface area (Å²) < 4.78 is 2.23. The molecule has 2 aromatic heterocycles. The van der Waals surface area contributed by atoms with E-state index in [-0.39, 0.29) is 0 Å². The summed E-state index contributed by atoms with van der Waals surface area (Å²) in [5.41, 5.74) is -0.960. The number of hydrogen-bond donors (Lipinski definition) is 3. The number of thiophene rings is 1.